The molecule has 0 atom stereocenters. The van der Waals surface area contributed by atoms with E-state index in [2.05, 4.69) is 31.2 Å². The standard InChI is InChI=1S/C18H19O2/c1-14(16-8-12-18(20-3)13-9-16)4-5-15-6-10-17(19-2)11-7-15/h4-13H,1-3H3/q+1/b14-4-. The fraction of sp³-hybridized carbons (Fsp3) is 0.167. The van der Waals surface area contributed by atoms with Crippen LogP contribution >= 0.6 is 0 Å². The molecular formula is C18H19O2+. The third-order valence-corrected chi connectivity index (χ3v) is 3.19. The Balaban J connectivity index is 2.13. The number of hydrogen-bond donors (Lipinski definition) is 0. The summed E-state index contributed by atoms with van der Waals surface area (Å²) in [7, 11) is 3.35. The number of benzene rings is 1. The van der Waals surface area contributed by atoms with Gasteiger partial charge in [0, 0.05) is 12.2 Å². The summed E-state index contributed by atoms with van der Waals surface area (Å²) in [4.78, 5) is 0. The van der Waals surface area contributed by atoms with Crippen LogP contribution in [0.3, 0.4) is 0 Å². The minimum absolute atomic E-state index is 0.873. The number of methoxy groups -OCH3 is 1. The Bertz CT molecular complexity index is 593. The van der Waals surface area contributed by atoms with Crippen molar-refractivity contribution in [3.63, 3.8) is 0 Å². The lowest BCUT2D eigenvalue weighted by molar-refractivity contribution is -0.417. The van der Waals surface area contributed by atoms with Crippen molar-refractivity contribution in [2.75, 3.05) is 14.2 Å². The Labute approximate surface area is 120 Å². The van der Waals surface area contributed by atoms with Crippen molar-refractivity contribution >= 4 is 11.4 Å². The first-order valence-corrected chi connectivity index (χ1v) is 6.53. The second-order valence-corrected chi connectivity index (χ2v) is 4.52. The average molecular weight is 267 g/mol. The maximum atomic E-state index is 5.16. The molecule has 0 spiro atoms. The molecule has 0 amide bonds. The number of ketones is 1. The SMILES string of the molecule is COc1ccc(/C(C)=C\C=C2C=CC(=[O+]C)C=C2)cc1. The molecule has 0 radical (unpaired) electrons. The van der Waals surface area contributed by atoms with Gasteiger partial charge in [0.15, 0.2) is 0 Å². The van der Waals surface area contributed by atoms with Crippen molar-refractivity contribution in [3.8, 4) is 5.75 Å². The van der Waals surface area contributed by atoms with Crippen LogP contribution in [0.15, 0.2) is 66.3 Å². The van der Waals surface area contributed by atoms with Crippen molar-refractivity contribution in [1.29, 1.82) is 0 Å². The molecule has 0 heterocycles. The van der Waals surface area contributed by atoms with Crippen molar-refractivity contribution < 1.29 is 9.16 Å². The molecule has 2 rings (SSSR count). The van der Waals surface area contributed by atoms with Gasteiger partial charge in [-0.25, -0.2) is 0 Å². The summed E-state index contributed by atoms with van der Waals surface area (Å²) in [6.07, 6.45) is 12.2. The molecule has 1 aliphatic rings. The number of carbonyl (C=O) groups excluding carboxylic acids is 1. The molecule has 20 heavy (non-hydrogen) atoms. The van der Waals surface area contributed by atoms with Gasteiger partial charge >= 0.3 is 5.78 Å². The van der Waals surface area contributed by atoms with Gasteiger partial charge in [0.05, 0.1) is 7.11 Å². The first-order chi connectivity index (χ1) is 9.72. The normalized spacial score (nSPS) is 14.4. The van der Waals surface area contributed by atoms with Gasteiger partial charge < -0.3 is 4.74 Å². The maximum absolute atomic E-state index is 5.16. The van der Waals surface area contributed by atoms with Crippen LogP contribution in [0.25, 0.3) is 5.57 Å². The monoisotopic (exact) mass is 267 g/mol. The Morgan fingerprint density at radius 3 is 2.25 bits per heavy atom. The summed E-state index contributed by atoms with van der Waals surface area (Å²) in [6, 6.07) is 8.07. The van der Waals surface area contributed by atoms with E-state index in [9.17, 15) is 0 Å². The van der Waals surface area contributed by atoms with E-state index in [1.807, 2.05) is 36.4 Å². The zero-order valence-electron chi connectivity index (χ0n) is 12.1. The Hall–Kier alpha value is -2.35. The predicted molar refractivity (Wildman–Crippen MR) is 83.9 cm³/mol. The highest BCUT2D eigenvalue weighted by Gasteiger charge is 2.04. The fourth-order valence-corrected chi connectivity index (χ4v) is 1.89. The lowest BCUT2D eigenvalue weighted by Crippen LogP contribution is -1.95. The topological polar surface area (TPSA) is 20.5 Å². The van der Waals surface area contributed by atoms with Crippen LogP contribution in [0, 0.1) is 0 Å². The molecule has 0 saturated carbocycles. The summed E-state index contributed by atoms with van der Waals surface area (Å²) in [6.45, 7) is 2.10. The Morgan fingerprint density at radius 1 is 1.05 bits per heavy atom. The van der Waals surface area contributed by atoms with E-state index in [1.165, 1.54) is 11.1 Å². The number of allylic oxidation sites excluding steroid dienone is 8. The molecule has 102 valence electrons. The average Bonchev–Trinajstić information content (AvgIpc) is 2.53. The fourth-order valence-electron chi connectivity index (χ4n) is 1.89. The molecule has 1 aromatic rings. The summed E-state index contributed by atoms with van der Waals surface area (Å²) in [5, 5.41) is 0. The van der Waals surface area contributed by atoms with Gasteiger partial charge in [0.1, 0.15) is 5.75 Å². The highest BCUT2D eigenvalue weighted by molar-refractivity contribution is 6.01. The molecule has 0 aromatic heterocycles. The molecule has 2 nitrogen and oxygen atoms in total. The Kier molecular flexibility index (Phi) is 4.72. The molecule has 0 bridgehead atoms. The van der Waals surface area contributed by atoms with Gasteiger partial charge in [-0.1, -0.05) is 24.3 Å². The zero-order valence-corrected chi connectivity index (χ0v) is 12.1. The third-order valence-electron chi connectivity index (χ3n) is 3.19. The van der Waals surface area contributed by atoms with Gasteiger partial charge in [-0.05, 0) is 47.9 Å². The van der Waals surface area contributed by atoms with Crippen molar-refractivity contribution in [1.82, 2.24) is 0 Å². The molecule has 0 unspecified atom stereocenters. The molecule has 0 N–H and O–H groups in total. The molecular weight excluding hydrogens is 248 g/mol. The van der Waals surface area contributed by atoms with Crippen LogP contribution in [-0.4, -0.2) is 20.0 Å². The highest BCUT2D eigenvalue weighted by atomic mass is 16.5. The van der Waals surface area contributed by atoms with E-state index in [4.69, 9.17) is 9.16 Å². The first-order valence-electron chi connectivity index (χ1n) is 6.53. The number of rotatable bonds is 3. The maximum Gasteiger partial charge on any atom is 0.343 e. The number of ether oxygens (including phenoxy) is 1. The minimum Gasteiger partial charge on any atom is -0.497 e. The lowest BCUT2D eigenvalue weighted by Gasteiger charge is -2.03. The lowest BCUT2D eigenvalue weighted by atomic mass is 10.0. The van der Waals surface area contributed by atoms with Crippen molar-refractivity contribution in [3.05, 3.63) is 71.9 Å². The smallest absolute Gasteiger partial charge is 0.343 e. The van der Waals surface area contributed by atoms with E-state index >= 15 is 0 Å². The second kappa shape index (κ2) is 6.71. The summed E-state index contributed by atoms with van der Waals surface area (Å²) in [5.74, 6) is 1.75. The van der Waals surface area contributed by atoms with Crippen LogP contribution in [0.1, 0.15) is 12.5 Å². The van der Waals surface area contributed by atoms with Gasteiger partial charge in [-0.3, -0.25) is 4.42 Å². The van der Waals surface area contributed by atoms with Gasteiger partial charge in [-0.15, -0.1) is 0 Å². The second-order valence-electron chi connectivity index (χ2n) is 4.52. The van der Waals surface area contributed by atoms with Crippen LogP contribution < -0.4 is 4.74 Å². The predicted octanol–water partition coefficient (Wildman–Crippen LogP) is 3.89. The van der Waals surface area contributed by atoms with E-state index in [-0.39, 0.29) is 0 Å². The summed E-state index contributed by atoms with van der Waals surface area (Å²) < 4.78 is 10.3. The van der Waals surface area contributed by atoms with E-state index < -0.39 is 0 Å². The Morgan fingerprint density at radius 2 is 1.70 bits per heavy atom. The van der Waals surface area contributed by atoms with Crippen molar-refractivity contribution in [2.24, 2.45) is 0 Å². The zero-order chi connectivity index (χ0) is 14.4. The van der Waals surface area contributed by atoms with Crippen LogP contribution in [-0.2, 0) is 4.42 Å². The molecule has 0 aliphatic heterocycles. The third kappa shape index (κ3) is 3.58. The van der Waals surface area contributed by atoms with Crippen LogP contribution in [0.2, 0.25) is 0 Å². The van der Waals surface area contributed by atoms with Gasteiger partial charge in [-0.2, -0.15) is 0 Å². The molecule has 0 fully saturated rings. The van der Waals surface area contributed by atoms with Crippen molar-refractivity contribution in [2.45, 2.75) is 6.92 Å². The van der Waals surface area contributed by atoms with Gasteiger partial charge in [0.25, 0.3) is 7.11 Å². The van der Waals surface area contributed by atoms with Gasteiger partial charge in [0.2, 0.25) is 0 Å². The molecule has 0 saturated heterocycles. The molecule has 1 aliphatic carbocycles. The molecule has 2 heteroatoms. The van der Waals surface area contributed by atoms with Crippen LogP contribution in [0.4, 0.5) is 0 Å². The van der Waals surface area contributed by atoms with Crippen LogP contribution in [0.5, 0.6) is 5.75 Å². The van der Waals surface area contributed by atoms with E-state index in [0.29, 0.717) is 0 Å². The largest absolute Gasteiger partial charge is 0.497 e. The quantitative estimate of drug-likeness (QED) is 0.761. The summed E-state index contributed by atoms with van der Waals surface area (Å²) >= 11 is 0. The number of hydrogen-bond acceptors (Lipinski definition) is 1. The summed E-state index contributed by atoms with van der Waals surface area (Å²) in [5.41, 5.74) is 3.55. The highest BCUT2D eigenvalue weighted by Crippen LogP contribution is 2.18. The van der Waals surface area contributed by atoms with E-state index in [0.717, 1.165) is 17.1 Å². The minimum atomic E-state index is 0.873. The first kappa shape index (κ1) is 14.1. The molecule has 1 aromatic carbocycles. The van der Waals surface area contributed by atoms with E-state index in [1.54, 1.807) is 14.2 Å².